The molecule has 18 heavy (non-hydrogen) atoms. The number of nitrogens with zero attached hydrogens (tertiary/aromatic N) is 2. The lowest BCUT2D eigenvalue weighted by atomic mass is 9.92. The number of hydrogen-bond donors (Lipinski definition) is 2. The van der Waals surface area contributed by atoms with Crippen molar-refractivity contribution in [3.63, 3.8) is 0 Å². The van der Waals surface area contributed by atoms with E-state index in [1.54, 1.807) is 4.31 Å². The van der Waals surface area contributed by atoms with Crippen molar-refractivity contribution >= 4 is 10.0 Å². The van der Waals surface area contributed by atoms with Crippen molar-refractivity contribution in [1.82, 2.24) is 14.6 Å². The molecule has 1 aliphatic heterocycles. The molecule has 0 aromatic carbocycles. The topological polar surface area (TPSA) is 78.7 Å². The van der Waals surface area contributed by atoms with Crippen LogP contribution in [0.1, 0.15) is 19.3 Å². The highest BCUT2D eigenvalue weighted by Gasteiger charge is 2.27. The van der Waals surface area contributed by atoms with Gasteiger partial charge in [-0.1, -0.05) is 0 Å². The SMILES string of the molecule is CN(C)CC(CC1CCCN(S(C)(=O)=O)C1)NN. The van der Waals surface area contributed by atoms with Gasteiger partial charge in [0.1, 0.15) is 0 Å². The summed E-state index contributed by atoms with van der Waals surface area (Å²) in [6, 6.07) is 0.213. The highest BCUT2D eigenvalue weighted by atomic mass is 32.2. The predicted octanol–water partition coefficient (Wildman–Crippen LogP) is -0.558. The molecule has 0 saturated carbocycles. The van der Waals surface area contributed by atoms with Gasteiger partial charge in [-0.05, 0) is 39.3 Å². The molecule has 6 nitrogen and oxygen atoms in total. The van der Waals surface area contributed by atoms with Gasteiger partial charge in [0.2, 0.25) is 10.0 Å². The highest BCUT2D eigenvalue weighted by Crippen LogP contribution is 2.22. The number of nitrogens with two attached hydrogens (primary N) is 1. The van der Waals surface area contributed by atoms with Crippen LogP contribution in [-0.4, -0.2) is 63.7 Å². The molecule has 0 radical (unpaired) electrons. The molecule has 2 atom stereocenters. The molecule has 0 amide bonds. The molecule has 108 valence electrons. The van der Waals surface area contributed by atoms with E-state index in [1.807, 2.05) is 14.1 Å². The second-order valence-corrected chi connectivity index (χ2v) is 7.47. The van der Waals surface area contributed by atoms with Gasteiger partial charge < -0.3 is 4.90 Å². The molecule has 1 heterocycles. The highest BCUT2D eigenvalue weighted by molar-refractivity contribution is 7.88. The van der Waals surface area contributed by atoms with E-state index in [9.17, 15) is 8.42 Å². The fourth-order valence-corrected chi connectivity index (χ4v) is 3.50. The predicted molar refractivity (Wildman–Crippen MR) is 73.4 cm³/mol. The minimum atomic E-state index is -3.05. The van der Waals surface area contributed by atoms with Gasteiger partial charge in [0, 0.05) is 25.7 Å². The Hall–Kier alpha value is -0.210. The number of piperidine rings is 1. The van der Waals surface area contributed by atoms with E-state index >= 15 is 0 Å². The van der Waals surface area contributed by atoms with Gasteiger partial charge >= 0.3 is 0 Å². The van der Waals surface area contributed by atoms with Gasteiger partial charge in [0.25, 0.3) is 0 Å². The Morgan fingerprint density at radius 1 is 1.50 bits per heavy atom. The zero-order valence-corrected chi connectivity index (χ0v) is 12.4. The van der Waals surface area contributed by atoms with Crippen LogP contribution in [0.15, 0.2) is 0 Å². The Morgan fingerprint density at radius 3 is 2.67 bits per heavy atom. The second kappa shape index (κ2) is 6.81. The number of likely N-dealkylation sites (N-methyl/N-ethyl adjacent to an activating group) is 1. The summed E-state index contributed by atoms with van der Waals surface area (Å²) in [5, 5.41) is 0. The Balaban J connectivity index is 2.51. The summed E-state index contributed by atoms with van der Waals surface area (Å²) in [7, 11) is 0.963. The lowest BCUT2D eigenvalue weighted by Crippen LogP contribution is -2.46. The van der Waals surface area contributed by atoms with Gasteiger partial charge in [-0.3, -0.25) is 11.3 Å². The first kappa shape index (κ1) is 15.8. The van der Waals surface area contributed by atoms with E-state index in [0.717, 1.165) is 25.8 Å². The summed E-state index contributed by atoms with van der Waals surface area (Å²) in [6.07, 6.45) is 4.23. The van der Waals surface area contributed by atoms with Gasteiger partial charge in [-0.2, -0.15) is 0 Å². The van der Waals surface area contributed by atoms with Crippen molar-refractivity contribution in [3.05, 3.63) is 0 Å². The first-order valence-electron chi connectivity index (χ1n) is 6.39. The third-order valence-electron chi connectivity index (χ3n) is 3.39. The van der Waals surface area contributed by atoms with Crippen LogP contribution in [0.3, 0.4) is 0 Å². The molecule has 1 fully saturated rings. The van der Waals surface area contributed by atoms with E-state index in [0.29, 0.717) is 19.0 Å². The van der Waals surface area contributed by atoms with Crippen LogP contribution in [0.4, 0.5) is 0 Å². The fourth-order valence-electron chi connectivity index (χ4n) is 2.56. The zero-order valence-electron chi connectivity index (χ0n) is 11.6. The molecule has 3 N–H and O–H groups in total. The summed E-state index contributed by atoms with van der Waals surface area (Å²) >= 11 is 0. The maximum absolute atomic E-state index is 11.5. The van der Waals surface area contributed by atoms with Crippen LogP contribution in [0.5, 0.6) is 0 Å². The standard InChI is InChI=1S/C11H26N4O2S/c1-14(2)9-11(13-12)7-10-5-4-6-15(8-10)18(3,16)17/h10-11,13H,4-9,12H2,1-3H3. The van der Waals surface area contributed by atoms with Gasteiger partial charge in [0.15, 0.2) is 0 Å². The van der Waals surface area contributed by atoms with Crippen molar-refractivity contribution in [2.24, 2.45) is 11.8 Å². The molecular formula is C11H26N4O2S. The first-order valence-corrected chi connectivity index (χ1v) is 8.23. The zero-order chi connectivity index (χ0) is 13.8. The molecule has 7 heteroatoms. The van der Waals surface area contributed by atoms with Gasteiger partial charge in [-0.15, -0.1) is 0 Å². The van der Waals surface area contributed by atoms with E-state index in [2.05, 4.69) is 10.3 Å². The van der Waals surface area contributed by atoms with Crippen LogP contribution in [0, 0.1) is 5.92 Å². The van der Waals surface area contributed by atoms with E-state index < -0.39 is 10.0 Å². The summed E-state index contributed by atoms with van der Waals surface area (Å²) in [5.41, 5.74) is 2.82. The minimum absolute atomic E-state index is 0.213. The first-order chi connectivity index (χ1) is 8.32. The van der Waals surface area contributed by atoms with E-state index in [4.69, 9.17) is 5.84 Å². The van der Waals surface area contributed by atoms with Crippen LogP contribution in [0.2, 0.25) is 0 Å². The molecular weight excluding hydrogens is 252 g/mol. The number of rotatable bonds is 6. The quantitative estimate of drug-likeness (QED) is 0.503. The molecule has 0 bridgehead atoms. The molecule has 0 aromatic heterocycles. The third-order valence-corrected chi connectivity index (χ3v) is 4.66. The second-order valence-electron chi connectivity index (χ2n) is 5.49. The van der Waals surface area contributed by atoms with Gasteiger partial charge in [-0.25, -0.2) is 12.7 Å². The third kappa shape index (κ3) is 5.19. The van der Waals surface area contributed by atoms with Crippen molar-refractivity contribution in [1.29, 1.82) is 0 Å². The Bertz CT molecular complexity index is 345. The van der Waals surface area contributed by atoms with Crippen LogP contribution in [0.25, 0.3) is 0 Å². The van der Waals surface area contributed by atoms with Crippen LogP contribution < -0.4 is 11.3 Å². The average Bonchev–Trinajstić information content (AvgIpc) is 2.26. The summed E-state index contributed by atoms with van der Waals surface area (Å²) in [6.45, 7) is 2.15. The van der Waals surface area contributed by atoms with Crippen molar-refractivity contribution in [3.8, 4) is 0 Å². The Labute approximate surface area is 111 Å². The van der Waals surface area contributed by atoms with Crippen LogP contribution >= 0.6 is 0 Å². The molecule has 0 aromatic rings. The van der Waals surface area contributed by atoms with Crippen LogP contribution in [-0.2, 0) is 10.0 Å². The Morgan fingerprint density at radius 2 is 2.17 bits per heavy atom. The minimum Gasteiger partial charge on any atom is -0.308 e. The largest absolute Gasteiger partial charge is 0.308 e. The fraction of sp³-hybridized carbons (Fsp3) is 1.00. The monoisotopic (exact) mass is 278 g/mol. The molecule has 0 aliphatic carbocycles. The number of hydrazine groups is 1. The van der Waals surface area contributed by atoms with Crippen molar-refractivity contribution in [2.75, 3.05) is 40.0 Å². The number of sulfonamides is 1. The number of nitrogens with one attached hydrogen (secondary N) is 1. The summed E-state index contributed by atoms with van der Waals surface area (Å²) in [5.74, 6) is 5.95. The van der Waals surface area contributed by atoms with Crippen molar-refractivity contribution in [2.45, 2.75) is 25.3 Å². The maximum Gasteiger partial charge on any atom is 0.211 e. The molecule has 0 spiro atoms. The molecule has 2 unspecified atom stereocenters. The smallest absolute Gasteiger partial charge is 0.211 e. The maximum atomic E-state index is 11.5. The molecule has 1 saturated heterocycles. The van der Waals surface area contributed by atoms with Gasteiger partial charge in [0.05, 0.1) is 6.26 Å². The lowest BCUT2D eigenvalue weighted by Gasteiger charge is -2.33. The lowest BCUT2D eigenvalue weighted by molar-refractivity contribution is 0.221. The van der Waals surface area contributed by atoms with E-state index in [1.165, 1.54) is 6.26 Å². The summed E-state index contributed by atoms with van der Waals surface area (Å²) in [4.78, 5) is 2.09. The normalized spacial score (nSPS) is 24.4. The van der Waals surface area contributed by atoms with E-state index in [-0.39, 0.29) is 6.04 Å². The number of hydrogen-bond acceptors (Lipinski definition) is 5. The molecule has 1 rings (SSSR count). The molecule has 1 aliphatic rings. The van der Waals surface area contributed by atoms with Crippen molar-refractivity contribution < 1.29 is 8.42 Å². The Kier molecular flexibility index (Phi) is 6.00. The summed E-state index contributed by atoms with van der Waals surface area (Å²) < 4.78 is 24.7. The average molecular weight is 278 g/mol.